The van der Waals surface area contributed by atoms with Gasteiger partial charge in [0.15, 0.2) is 0 Å². The van der Waals surface area contributed by atoms with E-state index in [1.54, 1.807) is 32.0 Å². The van der Waals surface area contributed by atoms with E-state index in [2.05, 4.69) is 11.4 Å². The summed E-state index contributed by atoms with van der Waals surface area (Å²) in [6.07, 6.45) is 0. The van der Waals surface area contributed by atoms with Gasteiger partial charge in [0, 0.05) is 0 Å². The van der Waals surface area contributed by atoms with Crippen LogP contribution in [-0.4, -0.2) is 18.0 Å². The molecule has 1 unspecified atom stereocenters. The van der Waals surface area contributed by atoms with E-state index in [0.29, 0.717) is 11.3 Å². The van der Waals surface area contributed by atoms with Crippen LogP contribution in [0.1, 0.15) is 18.1 Å². The lowest BCUT2D eigenvalue weighted by Gasteiger charge is -2.15. The largest absolute Gasteiger partial charge is 0.373 e. The van der Waals surface area contributed by atoms with Crippen LogP contribution in [0.15, 0.2) is 18.2 Å². The van der Waals surface area contributed by atoms with Gasteiger partial charge in [-0.1, -0.05) is 12.1 Å². The summed E-state index contributed by atoms with van der Waals surface area (Å²) in [6.45, 7) is 3.37. The molecule has 4 N–H and O–H groups in total. The molecular weight excluding hydrogens is 232 g/mol. The molecule has 3 amide bonds. The first-order chi connectivity index (χ1) is 8.45. The standard InChI is InChI=1S/C12H14N4O2/c1-7-4-3-5-10(9(7)6-13)15-8(2)11(17)16-12(14)18/h3-5,8,15H,1-2H3,(H3,14,16,17,18). The van der Waals surface area contributed by atoms with Crippen LogP contribution in [0.5, 0.6) is 0 Å². The van der Waals surface area contributed by atoms with Gasteiger partial charge in [-0.3, -0.25) is 10.1 Å². The summed E-state index contributed by atoms with van der Waals surface area (Å²) < 4.78 is 0. The number of imide groups is 1. The van der Waals surface area contributed by atoms with Crippen LogP contribution < -0.4 is 16.4 Å². The minimum absolute atomic E-state index is 0.469. The highest BCUT2D eigenvalue weighted by Gasteiger charge is 2.15. The Balaban J connectivity index is 2.86. The molecule has 0 aliphatic rings. The van der Waals surface area contributed by atoms with Crippen molar-refractivity contribution in [3.05, 3.63) is 29.3 Å². The Morgan fingerprint density at radius 2 is 2.11 bits per heavy atom. The van der Waals surface area contributed by atoms with E-state index in [1.165, 1.54) is 0 Å². The number of benzene rings is 1. The summed E-state index contributed by atoms with van der Waals surface area (Å²) in [7, 11) is 0. The van der Waals surface area contributed by atoms with Crippen LogP contribution in [0, 0.1) is 18.3 Å². The third-order valence-electron chi connectivity index (χ3n) is 2.40. The minimum atomic E-state index is -0.904. The first-order valence-electron chi connectivity index (χ1n) is 5.32. The fraction of sp³-hybridized carbons (Fsp3) is 0.250. The first-order valence-corrected chi connectivity index (χ1v) is 5.32. The number of carbonyl (C=O) groups is 2. The Morgan fingerprint density at radius 3 is 2.67 bits per heavy atom. The van der Waals surface area contributed by atoms with E-state index in [9.17, 15) is 9.59 Å². The summed E-state index contributed by atoms with van der Waals surface area (Å²) in [5.74, 6) is -0.548. The smallest absolute Gasteiger partial charge is 0.318 e. The maximum Gasteiger partial charge on any atom is 0.318 e. The predicted molar refractivity (Wildman–Crippen MR) is 66.7 cm³/mol. The Morgan fingerprint density at radius 1 is 1.44 bits per heavy atom. The van der Waals surface area contributed by atoms with Gasteiger partial charge in [0.2, 0.25) is 5.91 Å². The number of aryl methyl sites for hydroxylation is 1. The van der Waals surface area contributed by atoms with Crippen molar-refractivity contribution in [3.63, 3.8) is 0 Å². The van der Waals surface area contributed by atoms with Crippen molar-refractivity contribution in [1.82, 2.24) is 5.32 Å². The molecule has 0 spiro atoms. The summed E-state index contributed by atoms with van der Waals surface area (Å²) in [4.78, 5) is 22.0. The van der Waals surface area contributed by atoms with Gasteiger partial charge >= 0.3 is 6.03 Å². The highest BCUT2D eigenvalue weighted by atomic mass is 16.2. The lowest BCUT2D eigenvalue weighted by molar-refractivity contribution is -0.120. The second kappa shape index (κ2) is 5.68. The number of rotatable bonds is 3. The molecule has 18 heavy (non-hydrogen) atoms. The number of amides is 3. The van der Waals surface area contributed by atoms with Gasteiger partial charge in [-0.15, -0.1) is 0 Å². The Kier molecular flexibility index (Phi) is 4.27. The van der Waals surface area contributed by atoms with Crippen molar-refractivity contribution in [3.8, 4) is 6.07 Å². The number of nitrogens with two attached hydrogens (primary N) is 1. The number of urea groups is 1. The average molecular weight is 246 g/mol. The van der Waals surface area contributed by atoms with E-state index in [-0.39, 0.29) is 0 Å². The van der Waals surface area contributed by atoms with Crippen LogP contribution in [0.2, 0.25) is 0 Å². The summed E-state index contributed by atoms with van der Waals surface area (Å²) in [5, 5.41) is 13.9. The van der Waals surface area contributed by atoms with Crippen LogP contribution in [-0.2, 0) is 4.79 Å². The number of primary amides is 1. The summed E-state index contributed by atoms with van der Waals surface area (Å²) >= 11 is 0. The molecule has 0 fully saturated rings. The van der Waals surface area contributed by atoms with E-state index in [0.717, 1.165) is 5.56 Å². The molecule has 0 heterocycles. The number of nitrogens with zero attached hydrogens (tertiary/aromatic N) is 1. The highest BCUT2D eigenvalue weighted by molar-refractivity contribution is 5.97. The number of anilines is 1. The van der Waals surface area contributed by atoms with Gasteiger partial charge in [0.25, 0.3) is 0 Å². The average Bonchev–Trinajstić information content (AvgIpc) is 2.28. The molecule has 0 radical (unpaired) electrons. The second-order valence-electron chi connectivity index (χ2n) is 3.83. The lowest BCUT2D eigenvalue weighted by Crippen LogP contribution is -2.43. The fourth-order valence-corrected chi connectivity index (χ4v) is 1.46. The first kappa shape index (κ1) is 13.5. The normalized spacial score (nSPS) is 11.2. The molecule has 0 bridgehead atoms. The molecule has 94 valence electrons. The van der Waals surface area contributed by atoms with Gasteiger partial charge in [-0.2, -0.15) is 5.26 Å². The van der Waals surface area contributed by atoms with E-state index in [4.69, 9.17) is 11.0 Å². The maximum absolute atomic E-state index is 11.5. The van der Waals surface area contributed by atoms with Crippen molar-refractivity contribution in [2.24, 2.45) is 5.73 Å². The molecule has 6 heteroatoms. The van der Waals surface area contributed by atoms with Crippen molar-refractivity contribution in [2.75, 3.05) is 5.32 Å². The third kappa shape index (κ3) is 3.22. The van der Waals surface area contributed by atoms with Crippen LogP contribution in [0.3, 0.4) is 0 Å². The van der Waals surface area contributed by atoms with Crippen LogP contribution >= 0.6 is 0 Å². The lowest BCUT2D eigenvalue weighted by atomic mass is 10.1. The number of hydrogen-bond donors (Lipinski definition) is 3. The number of carbonyl (C=O) groups excluding carboxylic acids is 2. The van der Waals surface area contributed by atoms with Gasteiger partial charge in [-0.25, -0.2) is 4.79 Å². The van der Waals surface area contributed by atoms with E-state index >= 15 is 0 Å². The van der Waals surface area contributed by atoms with E-state index < -0.39 is 18.0 Å². The molecule has 1 aromatic carbocycles. The van der Waals surface area contributed by atoms with Gasteiger partial charge < -0.3 is 11.1 Å². The SMILES string of the molecule is Cc1cccc(NC(C)C(=O)NC(N)=O)c1C#N. The number of nitriles is 1. The molecule has 6 nitrogen and oxygen atoms in total. The van der Waals surface area contributed by atoms with Gasteiger partial charge in [0.05, 0.1) is 11.3 Å². The molecule has 0 saturated heterocycles. The fourth-order valence-electron chi connectivity index (χ4n) is 1.46. The Bertz CT molecular complexity index is 519. The van der Waals surface area contributed by atoms with Crippen LogP contribution in [0.25, 0.3) is 0 Å². The predicted octanol–water partition coefficient (Wildman–Crippen LogP) is 0.862. The quantitative estimate of drug-likeness (QED) is 0.735. The Hall–Kier alpha value is -2.55. The molecular formula is C12H14N4O2. The molecule has 0 aliphatic heterocycles. The molecule has 1 rings (SSSR count). The zero-order valence-corrected chi connectivity index (χ0v) is 10.2. The molecule has 0 aliphatic carbocycles. The van der Waals surface area contributed by atoms with Crippen molar-refractivity contribution in [2.45, 2.75) is 19.9 Å². The van der Waals surface area contributed by atoms with Crippen molar-refractivity contribution in [1.29, 1.82) is 5.26 Å². The summed E-state index contributed by atoms with van der Waals surface area (Å²) in [6, 6.07) is 5.76. The monoisotopic (exact) mass is 246 g/mol. The highest BCUT2D eigenvalue weighted by Crippen LogP contribution is 2.19. The van der Waals surface area contributed by atoms with Crippen molar-refractivity contribution < 1.29 is 9.59 Å². The minimum Gasteiger partial charge on any atom is -0.373 e. The second-order valence-corrected chi connectivity index (χ2v) is 3.83. The maximum atomic E-state index is 11.5. The number of nitrogens with one attached hydrogen (secondary N) is 2. The van der Waals surface area contributed by atoms with Gasteiger partial charge in [0.1, 0.15) is 12.1 Å². The zero-order valence-electron chi connectivity index (χ0n) is 10.2. The Labute approximate surface area is 105 Å². The summed E-state index contributed by atoms with van der Waals surface area (Å²) in [5.41, 5.74) is 6.68. The molecule has 1 atom stereocenters. The zero-order chi connectivity index (χ0) is 13.7. The molecule has 0 saturated carbocycles. The molecule has 1 aromatic rings. The topological polar surface area (TPSA) is 108 Å². The number of hydrogen-bond acceptors (Lipinski definition) is 4. The van der Waals surface area contributed by atoms with Crippen molar-refractivity contribution >= 4 is 17.6 Å². The van der Waals surface area contributed by atoms with Gasteiger partial charge in [-0.05, 0) is 25.5 Å². The third-order valence-corrected chi connectivity index (χ3v) is 2.40. The van der Waals surface area contributed by atoms with E-state index in [1.807, 2.05) is 5.32 Å². The molecule has 0 aromatic heterocycles. The van der Waals surface area contributed by atoms with Crippen LogP contribution in [0.4, 0.5) is 10.5 Å².